The van der Waals surface area contributed by atoms with Crippen LogP contribution in [0.3, 0.4) is 0 Å². The maximum Gasteiger partial charge on any atom is 0.306 e. The van der Waals surface area contributed by atoms with Crippen molar-refractivity contribution < 1.29 is 28.6 Å². The molecule has 0 radical (unpaired) electrons. The fourth-order valence-electron chi connectivity index (χ4n) is 9.04. The van der Waals surface area contributed by atoms with Crippen molar-refractivity contribution in [3.05, 3.63) is 36.5 Å². The first-order valence-electron chi connectivity index (χ1n) is 30.5. The molecule has 6 heteroatoms. The first kappa shape index (κ1) is 66.6. The molecule has 0 aromatic rings. The number of unbranched alkanes of at least 4 members (excludes halogenated alkanes) is 39. The van der Waals surface area contributed by atoms with Gasteiger partial charge < -0.3 is 14.2 Å². The van der Waals surface area contributed by atoms with Crippen LogP contribution in [0.25, 0.3) is 0 Å². The molecule has 6 nitrogen and oxygen atoms in total. The molecule has 0 aromatic carbocycles. The lowest BCUT2D eigenvalue weighted by Gasteiger charge is -2.18. The largest absolute Gasteiger partial charge is 0.462 e. The summed E-state index contributed by atoms with van der Waals surface area (Å²) >= 11 is 0. The van der Waals surface area contributed by atoms with Crippen LogP contribution in [0.1, 0.15) is 329 Å². The van der Waals surface area contributed by atoms with Gasteiger partial charge in [-0.1, -0.05) is 288 Å². The van der Waals surface area contributed by atoms with E-state index in [1.807, 2.05) is 0 Å². The van der Waals surface area contributed by atoms with Crippen molar-refractivity contribution in [2.45, 2.75) is 335 Å². The molecule has 0 unspecified atom stereocenters. The molecule has 0 amide bonds. The van der Waals surface area contributed by atoms with E-state index in [0.717, 1.165) is 77.0 Å². The topological polar surface area (TPSA) is 78.9 Å². The monoisotopic (exact) mass is 969 g/mol. The first-order chi connectivity index (χ1) is 34.0. The molecule has 0 N–H and O–H groups in total. The molecular formula is C63H116O6. The average molecular weight is 970 g/mol. The van der Waals surface area contributed by atoms with Crippen LogP contribution in [-0.4, -0.2) is 37.2 Å². The summed E-state index contributed by atoms with van der Waals surface area (Å²) in [7, 11) is 0. The normalized spacial score (nSPS) is 12.2. The van der Waals surface area contributed by atoms with Gasteiger partial charge in [0.15, 0.2) is 6.10 Å². The number of carbonyl (C=O) groups excluding carboxylic acids is 3. The van der Waals surface area contributed by atoms with Crippen molar-refractivity contribution >= 4 is 17.9 Å². The Morgan fingerprint density at radius 1 is 0.290 bits per heavy atom. The van der Waals surface area contributed by atoms with Gasteiger partial charge in [0.2, 0.25) is 0 Å². The van der Waals surface area contributed by atoms with E-state index < -0.39 is 6.10 Å². The Hall–Kier alpha value is -2.37. The second kappa shape index (κ2) is 58.2. The van der Waals surface area contributed by atoms with E-state index in [1.165, 1.54) is 212 Å². The van der Waals surface area contributed by atoms with Crippen LogP contribution in [0.4, 0.5) is 0 Å². The van der Waals surface area contributed by atoms with E-state index in [0.29, 0.717) is 19.3 Å². The molecule has 0 saturated carbocycles. The Morgan fingerprint density at radius 2 is 0.522 bits per heavy atom. The van der Waals surface area contributed by atoms with Gasteiger partial charge in [-0.25, -0.2) is 0 Å². The van der Waals surface area contributed by atoms with Crippen molar-refractivity contribution in [1.82, 2.24) is 0 Å². The maximum absolute atomic E-state index is 12.9. The highest BCUT2D eigenvalue weighted by Crippen LogP contribution is 2.17. The number of hydrogen-bond acceptors (Lipinski definition) is 6. The molecule has 0 aliphatic rings. The van der Waals surface area contributed by atoms with E-state index in [9.17, 15) is 14.4 Å². The molecule has 0 rings (SSSR count). The predicted octanol–water partition coefficient (Wildman–Crippen LogP) is 20.4. The highest BCUT2D eigenvalue weighted by Gasteiger charge is 2.19. The molecule has 0 aliphatic heterocycles. The zero-order valence-corrected chi connectivity index (χ0v) is 46.3. The van der Waals surface area contributed by atoms with Crippen LogP contribution in [0, 0.1) is 0 Å². The van der Waals surface area contributed by atoms with E-state index in [-0.39, 0.29) is 31.1 Å². The lowest BCUT2D eigenvalue weighted by Crippen LogP contribution is -2.30. The quantitative estimate of drug-likeness (QED) is 0.0261. The van der Waals surface area contributed by atoms with Gasteiger partial charge in [-0.2, -0.15) is 0 Å². The van der Waals surface area contributed by atoms with Crippen LogP contribution in [0.15, 0.2) is 36.5 Å². The average Bonchev–Trinajstić information content (AvgIpc) is 3.35. The molecule has 0 heterocycles. The Morgan fingerprint density at radius 3 is 0.841 bits per heavy atom. The molecule has 0 bridgehead atoms. The number of rotatable bonds is 56. The summed E-state index contributed by atoms with van der Waals surface area (Å²) in [6.07, 6.45) is 69.9. The Labute approximate surface area is 429 Å². The molecule has 0 saturated heterocycles. The minimum Gasteiger partial charge on any atom is -0.462 e. The number of esters is 3. The molecule has 0 spiro atoms. The van der Waals surface area contributed by atoms with Crippen LogP contribution in [-0.2, 0) is 28.6 Å². The smallest absolute Gasteiger partial charge is 0.306 e. The summed E-state index contributed by atoms with van der Waals surface area (Å²) < 4.78 is 16.9. The van der Waals surface area contributed by atoms with Gasteiger partial charge in [-0.15, -0.1) is 0 Å². The van der Waals surface area contributed by atoms with Crippen molar-refractivity contribution in [1.29, 1.82) is 0 Å². The highest BCUT2D eigenvalue weighted by atomic mass is 16.6. The third kappa shape index (κ3) is 56.4. The predicted molar refractivity (Wildman–Crippen MR) is 298 cm³/mol. The summed E-state index contributed by atoms with van der Waals surface area (Å²) in [5, 5.41) is 0. The number of allylic oxidation sites excluding steroid dienone is 6. The van der Waals surface area contributed by atoms with E-state index in [4.69, 9.17) is 14.2 Å². The summed E-state index contributed by atoms with van der Waals surface area (Å²) in [4.78, 5) is 38.2. The van der Waals surface area contributed by atoms with Crippen LogP contribution < -0.4 is 0 Å². The summed E-state index contributed by atoms with van der Waals surface area (Å²) in [6, 6.07) is 0. The lowest BCUT2D eigenvalue weighted by molar-refractivity contribution is -0.167. The zero-order chi connectivity index (χ0) is 50.0. The summed E-state index contributed by atoms with van der Waals surface area (Å²) in [5.74, 6) is -0.861. The van der Waals surface area contributed by atoms with Gasteiger partial charge in [-0.3, -0.25) is 14.4 Å². The number of ether oxygens (including phenoxy) is 3. The van der Waals surface area contributed by atoms with Gasteiger partial charge in [0, 0.05) is 19.3 Å². The van der Waals surface area contributed by atoms with Crippen molar-refractivity contribution in [3.63, 3.8) is 0 Å². The highest BCUT2D eigenvalue weighted by molar-refractivity contribution is 5.71. The Balaban J connectivity index is 4.35. The van der Waals surface area contributed by atoms with Gasteiger partial charge in [0.1, 0.15) is 13.2 Å². The van der Waals surface area contributed by atoms with Crippen LogP contribution in [0.5, 0.6) is 0 Å². The Bertz CT molecular complexity index is 1160. The Kier molecular flexibility index (Phi) is 56.2. The van der Waals surface area contributed by atoms with Gasteiger partial charge in [0.25, 0.3) is 0 Å². The minimum absolute atomic E-state index is 0.0711. The van der Waals surface area contributed by atoms with Gasteiger partial charge in [-0.05, 0) is 57.8 Å². The number of hydrogen-bond donors (Lipinski definition) is 0. The zero-order valence-electron chi connectivity index (χ0n) is 46.3. The van der Waals surface area contributed by atoms with Crippen molar-refractivity contribution in [2.24, 2.45) is 0 Å². The third-order valence-electron chi connectivity index (χ3n) is 13.6. The minimum atomic E-state index is -0.774. The molecule has 1 atom stereocenters. The van der Waals surface area contributed by atoms with Crippen LogP contribution >= 0.6 is 0 Å². The molecule has 69 heavy (non-hydrogen) atoms. The lowest BCUT2D eigenvalue weighted by atomic mass is 10.0. The van der Waals surface area contributed by atoms with Crippen molar-refractivity contribution in [3.8, 4) is 0 Å². The number of carbonyl (C=O) groups is 3. The molecule has 0 aromatic heterocycles. The second-order valence-electron chi connectivity index (χ2n) is 20.6. The molecule has 0 fully saturated rings. The van der Waals surface area contributed by atoms with Gasteiger partial charge in [0.05, 0.1) is 0 Å². The van der Waals surface area contributed by atoms with Crippen LogP contribution in [0.2, 0.25) is 0 Å². The summed E-state index contributed by atoms with van der Waals surface area (Å²) in [6.45, 7) is 6.66. The molecule has 0 aliphatic carbocycles. The maximum atomic E-state index is 12.9. The SMILES string of the molecule is CCCCC/C=C\C/C=C\C/C=C\CCCCCCCCC(=O)OC[C@@H](COC(=O)CCCCCCCCCCCCCCCCC)OC(=O)CCCCCCCCCCCCCCCCCCC. The van der Waals surface area contributed by atoms with E-state index in [2.05, 4.69) is 57.2 Å². The van der Waals surface area contributed by atoms with Gasteiger partial charge >= 0.3 is 17.9 Å². The summed E-state index contributed by atoms with van der Waals surface area (Å²) in [5.41, 5.74) is 0. The molecular weight excluding hydrogens is 853 g/mol. The fourth-order valence-corrected chi connectivity index (χ4v) is 9.04. The van der Waals surface area contributed by atoms with E-state index in [1.54, 1.807) is 0 Å². The van der Waals surface area contributed by atoms with Crippen molar-refractivity contribution in [2.75, 3.05) is 13.2 Å². The fraction of sp³-hybridized carbons (Fsp3) is 0.857. The third-order valence-corrected chi connectivity index (χ3v) is 13.6. The molecule has 404 valence electrons. The van der Waals surface area contributed by atoms with E-state index >= 15 is 0 Å². The standard InChI is InChI=1S/C63H116O6/c1-4-7-10-13-16-19-22-25-28-30-31-33-35-38-41-44-47-50-53-56-62(65)68-59-60(58-67-61(64)55-52-49-46-43-40-37-34-27-24-21-18-15-12-9-6-3)69-63(66)57-54-51-48-45-42-39-36-32-29-26-23-20-17-14-11-8-5-2/h16,19,25,28,31,33,60H,4-15,17-18,20-24,26-27,29-30,32,34-59H2,1-3H3/b19-16-,28-25-,33-31-/t60-/m1/s1. The second-order valence-corrected chi connectivity index (χ2v) is 20.6. The first-order valence-corrected chi connectivity index (χ1v) is 30.5.